The van der Waals surface area contributed by atoms with E-state index in [9.17, 15) is 14.4 Å². The van der Waals surface area contributed by atoms with E-state index in [1.54, 1.807) is 42.5 Å². The first-order chi connectivity index (χ1) is 14.4. The molecule has 1 aliphatic heterocycles. The Balaban J connectivity index is 1.38. The number of nitrogens with one attached hydrogen (secondary N) is 2. The third-order valence-corrected chi connectivity index (χ3v) is 4.82. The number of hydrogen-bond acceptors (Lipinski definition) is 5. The minimum atomic E-state index is -0.287. The van der Waals surface area contributed by atoms with E-state index in [1.165, 1.54) is 4.90 Å². The fourth-order valence-corrected chi connectivity index (χ4v) is 3.30. The van der Waals surface area contributed by atoms with Crippen LogP contribution in [-0.2, 0) is 14.4 Å². The van der Waals surface area contributed by atoms with Crippen molar-refractivity contribution in [3.8, 4) is 0 Å². The Morgan fingerprint density at radius 1 is 1.20 bits per heavy atom. The summed E-state index contributed by atoms with van der Waals surface area (Å²) >= 11 is 0. The number of aromatic nitrogens is 1. The van der Waals surface area contributed by atoms with Crippen LogP contribution in [-0.4, -0.2) is 29.3 Å². The van der Waals surface area contributed by atoms with Crippen LogP contribution < -0.4 is 15.5 Å². The molecule has 0 fully saturated rings. The molecule has 0 unspecified atom stereocenters. The second-order valence-corrected chi connectivity index (χ2v) is 7.48. The first kappa shape index (κ1) is 19.6. The summed E-state index contributed by atoms with van der Waals surface area (Å²) in [6, 6.07) is 12.3. The molecule has 1 aliphatic rings. The van der Waals surface area contributed by atoms with Gasteiger partial charge in [-0.05, 0) is 30.3 Å². The van der Waals surface area contributed by atoms with Gasteiger partial charge in [-0.15, -0.1) is 0 Å². The first-order valence-electron chi connectivity index (χ1n) is 9.80. The van der Waals surface area contributed by atoms with E-state index in [0.29, 0.717) is 34.1 Å². The maximum atomic E-state index is 12.6. The van der Waals surface area contributed by atoms with Crippen LogP contribution in [0.4, 0.5) is 17.1 Å². The van der Waals surface area contributed by atoms with E-state index in [-0.39, 0.29) is 43.0 Å². The molecule has 0 aliphatic carbocycles. The summed E-state index contributed by atoms with van der Waals surface area (Å²) in [6.07, 6.45) is 0.00433. The van der Waals surface area contributed by atoms with Gasteiger partial charge < -0.3 is 20.0 Å². The Labute approximate surface area is 173 Å². The maximum Gasteiger partial charge on any atom is 0.244 e. The number of carbonyl (C=O) groups excluding carboxylic acids is 3. The van der Waals surface area contributed by atoms with Crippen molar-refractivity contribution in [1.82, 2.24) is 4.98 Å². The molecule has 0 bridgehead atoms. The Bertz CT molecular complexity index is 1140. The number of para-hydroxylation sites is 2. The van der Waals surface area contributed by atoms with Crippen molar-refractivity contribution in [2.75, 3.05) is 22.1 Å². The van der Waals surface area contributed by atoms with Gasteiger partial charge in [0.25, 0.3) is 0 Å². The van der Waals surface area contributed by atoms with Gasteiger partial charge in [-0.2, -0.15) is 0 Å². The van der Waals surface area contributed by atoms with Gasteiger partial charge >= 0.3 is 0 Å². The molecule has 3 amide bonds. The van der Waals surface area contributed by atoms with E-state index in [4.69, 9.17) is 4.42 Å². The predicted octanol–water partition coefficient (Wildman–Crippen LogP) is 3.66. The molecule has 8 heteroatoms. The molecular formula is C22H22N4O4. The molecule has 1 aromatic heterocycles. The summed E-state index contributed by atoms with van der Waals surface area (Å²) in [5, 5.41) is 5.53. The number of anilines is 3. The van der Waals surface area contributed by atoms with Gasteiger partial charge in [-0.1, -0.05) is 26.0 Å². The van der Waals surface area contributed by atoms with Crippen molar-refractivity contribution in [3.63, 3.8) is 0 Å². The molecule has 0 atom stereocenters. The smallest absolute Gasteiger partial charge is 0.244 e. The van der Waals surface area contributed by atoms with Crippen molar-refractivity contribution in [1.29, 1.82) is 0 Å². The van der Waals surface area contributed by atoms with Crippen LogP contribution >= 0.6 is 0 Å². The zero-order valence-corrected chi connectivity index (χ0v) is 16.8. The number of carbonyl (C=O) groups is 3. The number of oxazole rings is 1. The molecule has 8 nitrogen and oxygen atoms in total. The highest BCUT2D eigenvalue weighted by Gasteiger charge is 2.26. The Hall–Kier alpha value is -3.68. The lowest BCUT2D eigenvalue weighted by Gasteiger charge is -2.29. The minimum absolute atomic E-state index is 0.00283. The average Bonchev–Trinajstić information content (AvgIpc) is 3.15. The number of fused-ring (bicyclic) bond motifs is 2. The second kappa shape index (κ2) is 7.98. The molecular weight excluding hydrogens is 384 g/mol. The standard InChI is InChI=1S/C22H22N4O4/c1-13(2)22-25-16-11-14(7-8-18(16)30-22)23-19(27)9-10-21(29)26-12-20(28)24-15-5-3-4-6-17(15)26/h3-8,11,13H,9-10,12H2,1-2H3,(H,23,27)(H,24,28). The normalized spacial score (nSPS) is 13.3. The van der Waals surface area contributed by atoms with E-state index >= 15 is 0 Å². The van der Waals surface area contributed by atoms with Crippen molar-refractivity contribution in [3.05, 3.63) is 48.4 Å². The summed E-state index contributed by atoms with van der Waals surface area (Å²) in [5.41, 5.74) is 3.15. The van der Waals surface area contributed by atoms with Gasteiger partial charge in [0.05, 0.1) is 11.4 Å². The van der Waals surface area contributed by atoms with Crippen molar-refractivity contribution >= 4 is 45.9 Å². The highest BCUT2D eigenvalue weighted by atomic mass is 16.3. The number of benzene rings is 2. The van der Waals surface area contributed by atoms with Gasteiger partial charge in [-0.3, -0.25) is 14.4 Å². The molecule has 2 N–H and O–H groups in total. The predicted molar refractivity (Wildman–Crippen MR) is 113 cm³/mol. The monoisotopic (exact) mass is 406 g/mol. The molecule has 154 valence electrons. The molecule has 30 heavy (non-hydrogen) atoms. The highest BCUT2D eigenvalue weighted by molar-refractivity contribution is 6.10. The van der Waals surface area contributed by atoms with Crippen molar-refractivity contribution in [2.24, 2.45) is 0 Å². The molecule has 4 rings (SSSR count). The molecule has 0 saturated heterocycles. The number of hydrogen-bond donors (Lipinski definition) is 2. The van der Waals surface area contributed by atoms with Gasteiger partial charge in [0, 0.05) is 24.4 Å². The SMILES string of the molecule is CC(C)c1nc2cc(NC(=O)CCC(=O)N3CC(=O)Nc4ccccc43)ccc2o1. The van der Waals surface area contributed by atoms with Crippen molar-refractivity contribution in [2.45, 2.75) is 32.6 Å². The lowest BCUT2D eigenvalue weighted by Crippen LogP contribution is -2.42. The fraction of sp³-hybridized carbons (Fsp3) is 0.273. The average molecular weight is 406 g/mol. The van der Waals surface area contributed by atoms with Gasteiger partial charge in [-0.25, -0.2) is 4.98 Å². The summed E-state index contributed by atoms with van der Waals surface area (Å²) in [5.74, 6) is -0.00689. The summed E-state index contributed by atoms with van der Waals surface area (Å²) in [7, 11) is 0. The van der Waals surface area contributed by atoms with E-state index in [2.05, 4.69) is 15.6 Å². The van der Waals surface area contributed by atoms with E-state index in [1.807, 2.05) is 13.8 Å². The van der Waals surface area contributed by atoms with Crippen LogP contribution in [0.25, 0.3) is 11.1 Å². The Kier molecular flexibility index (Phi) is 5.22. The first-order valence-corrected chi connectivity index (χ1v) is 9.80. The Morgan fingerprint density at radius 3 is 2.80 bits per heavy atom. The summed E-state index contributed by atoms with van der Waals surface area (Å²) < 4.78 is 5.67. The van der Waals surface area contributed by atoms with Gasteiger partial charge in [0.1, 0.15) is 12.1 Å². The molecule has 0 spiro atoms. The molecule has 2 aromatic carbocycles. The zero-order chi connectivity index (χ0) is 21.3. The van der Waals surface area contributed by atoms with Crippen LogP contribution in [0.15, 0.2) is 46.9 Å². The number of nitrogens with zero attached hydrogens (tertiary/aromatic N) is 2. The molecule has 2 heterocycles. The molecule has 0 saturated carbocycles. The third kappa shape index (κ3) is 4.03. The Morgan fingerprint density at radius 2 is 2.00 bits per heavy atom. The topological polar surface area (TPSA) is 105 Å². The van der Waals surface area contributed by atoms with Crippen LogP contribution in [0.2, 0.25) is 0 Å². The summed E-state index contributed by atoms with van der Waals surface area (Å²) in [6.45, 7) is 3.93. The van der Waals surface area contributed by atoms with Crippen molar-refractivity contribution < 1.29 is 18.8 Å². The van der Waals surface area contributed by atoms with Crippen LogP contribution in [0.1, 0.15) is 38.5 Å². The summed E-state index contributed by atoms with van der Waals surface area (Å²) in [4.78, 5) is 42.7. The van der Waals surface area contributed by atoms with E-state index in [0.717, 1.165) is 0 Å². The lowest BCUT2D eigenvalue weighted by atomic mass is 10.1. The maximum absolute atomic E-state index is 12.6. The second-order valence-electron chi connectivity index (χ2n) is 7.48. The lowest BCUT2D eigenvalue weighted by molar-refractivity contribution is -0.124. The van der Waals surface area contributed by atoms with Gasteiger partial charge in [0.15, 0.2) is 11.5 Å². The molecule has 3 aromatic rings. The van der Waals surface area contributed by atoms with Gasteiger partial charge in [0.2, 0.25) is 17.7 Å². The van der Waals surface area contributed by atoms with Crippen LogP contribution in [0.3, 0.4) is 0 Å². The zero-order valence-electron chi connectivity index (χ0n) is 16.8. The van der Waals surface area contributed by atoms with Crippen LogP contribution in [0.5, 0.6) is 0 Å². The van der Waals surface area contributed by atoms with E-state index < -0.39 is 0 Å². The minimum Gasteiger partial charge on any atom is -0.440 e. The quantitative estimate of drug-likeness (QED) is 0.673. The fourth-order valence-electron chi connectivity index (χ4n) is 3.30. The third-order valence-electron chi connectivity index (χ3n) is 4.82. The van der Waals surface area contributed by atoms with Crippen LogP contribution in [0, 0.1) is 0 Å². The highest BCUT2D eigenvalue weighted by Crippen LogP contribution is 2.29. The molecule has 0 radical (unpaired) electrons. The number of rotatable bonds is 5. The largest absolute Gasteiger partial charge is 0.440 e. The number of amides is 3.